The maximum Gasteiger partial charge on any atom is 0.429 e. The Hall–Kier alpha value is -2.94. The molecule has 1 unspecified atom stereocenters. The Morgan fingerprint density at radius 3 is 2.26 bits per heavy atom. The number of ether oxygens (including phenoxy) is 1. The van der Waals surface area contributed by atoms with Crippen LogP contribution < -0.4 is 5.73 Å². The van der Waals surface area contributed by atoms with Crippen molar-refractivity contribution in [3.63, 3.8) is 0 Å². The summed E-state index contributed by atoms with van der Waals surface area (Å²) in [5.41, 5.74) is 3.78. The van der Waals surface area contributed by atoms with E-state index in [9.17, 15) is 19.2 Å². The van der Waals surface area contributed by atoms with Crippen molar-refractivity contribution in [3.8, 4) is 0 Å². The number of primary amides is 1. The molecule has 1 aromatic carbocycles. The zero-order valence-electron chi connectivity index (χ0n) is 18.2. The van der Waals surface area contributed by atoms with Crippen molar-refractivity contribution in [2.45, 2.75) is 57.8 Å². The van der Waals surface area contributed by atoms with E-state index in [1.165, 1.54) is 0 Å². The monoisotopic (exact) mass is 433 g/mol. The number of rotatable bonds is 12. The molecule has 9 nitrogen and oxygen atoms in total. The van der Waals surface area contributed by atoms with Crippen molar-refractivity contribution in [2.24, 2.45) is 5.73 Å². The van der Waals surface area contributed by atoms with E-state index in [2.05, 4.69) is 6.92 Å². The molecule has 1 aliphatic rings. The molecule has 0 aromatic heterocycles. The minimum absolute atomic E-state index is 0.0209. The number of amides is 5. The van der Waals surface area contributed by atoms with Crippen molar-refractivity contribution in [1.82, 2.24) is 9.96 Å². The zero-order valence-corrected chi connectivity index (χ0v) is 18.2. The molecule has 0 spiro atoms. The van der Waals surface area contributed by atoms with E-state index in [-0.39, 0.29) is 13.0 Å². The summed E-state index contributed by atoms with van der Waals surface area (Å²) in [6.45, 7) is 4.79. The Kier molecular flexibility index (Phi) is 8.99. The molecule has 1 saturated heterocycles. The highest BCUT2D eigenvalue weighted by atomic mass is 16.7. The predicted octanol–water partition coefficient (Wildman–Crippen LogP) is 3.12. The van der Waals surface area contributed by atoms with Gasteiger partial charge in [-0.1, -0.05) is 68.5 Å². The lowest BCUT2D eigenvalue weighted by Crippen LogP contribution is -2.67. The number of imide groups is 2. The number of unbranched alkanes of at least 4 members (excludes halogenated alkanes) is 3. The van der Waals surface area contributed by atoms with E-state index in [4.69, 9.17) is 15.3 Å². The van der Waals surface area contributed by atoms with Gasteiger partial charge >= 0.3 is 12.1 Å². The molecular weight excluding hydrogens is 402 g/mol. The first-order chi connectivity index (χ1) is 14.9. The smallest absolute Gasteiger partial charge is 0.381 e. The highest BCUT2D eigenvalue weighted by Gasteiger charge is 2.58. The van der Waals surface area contributed by atoms with Crippen LogP contribution >= 0.6 is 0 Å². The van der Waals surface area contributed by atoms with Crippen molar-refractivity contribution in [1.29, 1.82) is 0 Å². The highest BCUT2D eigenvalue weighted by molar-refractivity contribution is 6.22. The lowest BCUT2D eigenvalue weighted by Gasteiger charge is -2.42. The second-order valence-electron chi connectivity index (χ2n) is 7.40. The second kappa shape index (κ2) is 11.5. The normalized spacial score (nSPS) is 19.1. The Morgan fingerprint density at radius 2 is 1.65 bits per heavy atom. The Bertz CT molecular complexity index is 785. The number of carbonyl (C=O) groups is 4. The first-order valence-electron chi connectivity index (χ1n) is 10.7. The summed E-state index contributed by atoms with van der Waals surface area (Å²) >= 11 is 0. The molecule has 1 atom stereocenters. The Morgan fingerprint density at radius 1 is 0.968 bits per heavy atom. The van der Waals surface area contributed by atoms with Crippen LogP contribution in [0.2, 0.25) is 0 Å². The number of benzene rings is 1. The summed E-state index contributed by atoms with van der Waals surface area (Å²) in [7, 11) is 0. The molecule has 0 bridgehead atoms. The van der Waals surface area contributed by atoms with Gasteiger partial charge in [0.1, 0.15) is 0 Å². The van der Waals surface area contributed by atoms with Crippen LogP contribution in [0.4, 0.5) is 9.59 Å². The van der Waals surface area contributed by atoms with Gasteiger partial charge in [0.15, 0.2) is 5.41 Å². The fraction of sp³-hybridized carbons (Fsp3) is 0.545. The molecule has 2 N–H and O–H groups in total. The van der Waals surface area contributed by atoms with Crippen LogP contribution in [0.5, 0.6) is 0 Å². The highest BCUT2D eigenvalue weighted by Crippen LogP contribution is 2.37. The van der Waals surface area contributed by atoms with Gasteiger partial charge in [-0.15, -0.1) is 0 Å². The Labute approximate surface area is 182 Å². The summed E-state index contributed by atoms with van der Waals surface area (Å²) < 4.78 is 5.58. The number of nitrogens with two attached hydrogens (primary N) is 1. The number of carbonyl (C=O) groups excluding carboxylic acids is 4. The van der Waals surface area contributed by atoms with Crippen LogP contribution in [-0.4, -0.2) is 53.7 Å². The number of hydrogen-bond donors (Lipinski definition) is 1. The fourth-order valence-electron chi connectivity index (χ4n) is 3.68. The summed E-state index contributed by atoms with van der Waals surface area (Å²) in [5.74, 6) is -1.58. The Balaban J connectivity index is 2.19. The summed E-state index contributed by atoms with van der Waals surface area (Å²) in [5, 5.41) is 0.297. The molecule has 1 aliphatic heterocycles. The molecule has 2 rings (SSSR count). The van der Waals surface area contributed by atoms with Crippen molar-refractivity contribution < 1.29 is 28.8 Å². The van der Waals surface area contributed by atoms with Gasteiger partial charge in [0.05, 0.1) is 0 Å². The lowest BCUT2D eigenvalue weighted by atomic mass is 9.74. The number of hydroxylamine groups is 2. The minimum atomic E-state index is -1.69. The number of urea groups is 1. The van der Waals surface area contributed by atoms with E-state index in [0.717, 1.165) is 30.6 Å². The van der Waals surface area contributed by atoms with Crippen molar-refractivity contribution >= 4 is 23.9 Å². The predicted molar refractivity (Wildman–Crippen MR) is 113 cm³/mol. The van der Waals surface area contributed by atoms with E-state index >= 15 is 0 Å². The van der Waals surface area contributed by atoms with Crippen molar-refractivity contribution in [3.05, 3.63) is 35.9 Å². The quantitative estimate of drug-likeness (QED) is 0.399. The minimum Gasteiger partial charge on any atom is -0.381 e. The molecule has 0 radical (unpaired) electrons. The zero-order chi connectivity index (χ0) is 22.9. The molecule has 1 aromatic rings. The third-order valence-corrected chi connectivity index (χ3v) is 5.36. The number of barbiturate groups is 1. The molecule has 0 saturated carbocycles. The summed E-state index contributed by atoms with van der Waals surface area (Å²) in [6.07, 6.45) is 3.49. The molecule has 9 heteroatoms. The summed E-state index contributed by atoms with van der Waals surface area (Å²) in [4.78, 5) is 56.3. The van der Waals surface area contributed by atoms with Crippen LogP contribution in [-0.2, 0) is 24.6 Å². The molecule has 170 valence electrons. The van der Waals surface area contributed by atoms with Crippen LogP contribution in [0.25, 0.3) is 0 Å². The summed E-state index contributed by atoms with van der Waals surface area (Å²) in [6, 6.07) is 7.38. The average molecular weight is 434 g/mol. The van der Waals surface area contributed by atoms with Crippen LogP contribution in [0, 0.1) is 0 Å². The number of hydrogen-bond acceptors (Lipinski definition) is 6. The standard InChI is InChI=1S/C22H31N3O6/c1-3-5-6-10-15-30-16-11-14-24-18(26)22(4-2,17-12-8-7-9-13-17)19(27)25(21(24)29)31-20(23)28/h7-9,12-13H,3-6,10-11,14-16H2,1-2H3,(H2,23,28). The van der Waals surface area contributed by atoms with Crippen LogP contribution in [0.15, 0.2) is 30.3 Å². The van der Waals surface area contributed by atoms with Crippen molar-refractivity contribution in [2.75, 3.05) is 19.8 Å². The van der Waals surface area contributed by atoms with Gasteiger partial charge in [0.2, 0.25) is 0 Å². The largest absolute Gasteiger partial charge is 0.429 e. The van der Waals surface area contributed by atoms with E-state index in [1.807, 2.05) is 0 Å². The van der Waals surface area contributed by atoms with E-state index < -0.39 is 29.4 Å². The third-order valence-electron chi connectivity index (χ3n) is 5.36. The molecule has 31 heavy (non-hydrogen) atoms. The SMILES string of the molecule is CCCCCCOCCCN1C(=O)N(OC(N)=O)C(=O)C(CC)(c2ccccc2)C1=O. The maximum atomic E-state index is 13.4. The second-order valence-corrected chi connectivity index (χ2v) is 7.40. The molecule has 1 heterocycles. The van der Waals surface area contributed by atoms with Crippen LogP contribution in [0.3, 0.4) is 0 Å². The molecular formula is C22H31N3O6. The molecule has 5 amide bonds. The molecule has 0 aliphatic carbocycles. The average Bonchev–Trinajstić information content (AvgIpc) is 2.76. The topological polar surface area (TPSA) is 119 Å². The van der Waals surface area contributed by atoms with Gasteiger partial charge in [-0.2, -0.15) is 0 Å². The van der Waals surface area contributed by atoms with E-state index in [1.54, 1.807) is 37.3 Å². The molecule has 1 fully saturated rings. The van der Waals surface area contributed by atoms with Gasteiger partial charge in [-0.25, -0.2) is 9.59 Å². The first-order valence-corrected chi connectivity index (χ1v) is 10.7. The lowest BCUT2D eigenvalue weighted by molar-refractivity contribution is -0.174. The van der Waals surface area contributed by atoms with Gasteiger partial charge in [-0.05, 0) is 24.8 Å². The van der Waals surface area contributed by atoms with Gasteiger partial charge in [-0.3, -0.25) is 14.5 Å². The number of nitrogens with zero attached hydrogens (tertiary/aromatic N) is 2. The maximum absolute atomic E-state index is 13.4. The van der Waals surface area contributed by atoms with Gasteiger partial charge in [0, 0.05) is 19.8 Å². The fourth-order valence-corrected chi connectivity index (χ4v) is 3.68. The third kappa shape index (κ3) is 5.41. The van der Waals surface area contributed by atoms with Gasteiger partial charge < -0.3 is 15.3 Å². The first kappa shape index (κ1) is 24.3. The van der Waals surface area contributed by atoms with Crippen LogP contribution in [0.1, 0.15) is 57.9 Å². The van der Waals surface area contributed by atoms with E-state index in [0.29, 0.717) is 30.3 Å². The van der Waals surface area contributed by atoms with Gasteiger partial charge in [0.25, 0.3) is 11.8 Å².